The summed E-state index contributed by atoms with van der Waals surface area (Å²) in [5.74, 6) is 0.526. The number of methoxy groups -OCH3 is 1. The quantitative estimate of drug-likeness (QED) is 0.665. The summed E-state index contributed by atoms with van der Waals surface area (Å²) in [6.07, 6.45) is 1.68. The summed E-state index contributed by atoms with van der Waals surface area (Å²) in [7, 11) is 1.58. The van der Waals surface area contributed by atoms with Crippen LogP contribution in [0.2, 0.25) is 0 Å². The van der Waals surface area contributed by atoms with Gasteiger partial charge in [-0.25, -0.2) is 9.97 Å². The SMILES string of the molecule is COc1nc(Sc2nc3ccccc3s2)ncc1Br. The maximum absolute atomic E-state index is 5.15. The second-order valence-electron chi connectivity index (χ2n) is 3.56. The number of aromatic nitrogens is 3. The molecule has 0 aliphatic heterocycles. The van der Waals surface area contributed by atoms with Crippen LogP contribution >= 0.6 is 39.0 Å². The van der Waals surface area contributed by atoms with Gasteiger partial charge in [0, 0.05) is 6.20 Å². The lowest BCUT2D eigenvalue weighted by Gasteiger charge is -2.02. The van der Waals surface area contributed by atoms with Crippen molar-refractivity contribution in [1.29, 1.82) is 0 Å². The fraction of sp³-hybridized carbons (Fsp3) is 0.0833. The molecule has 0 aliphatic rings. The molecule has 3 aromatic rings. The van der Waals surface area contributed by atoms with E-state index in [2.05, 4.69) is 36.9 Å². The van der Waals surface area contributed by atoms with Crippen LogP contribution in [0, 0.1) is 0 Å². The summed E-state index contributed by atoms with van der Waals surface area (Å²) in [6.45, 7) is 0. The monoisotopic (exact) mass is 353 g/mol. The van der Waals surface area contributed by atoms with Crippen LogP contribution in [0.15, 0.2) is 44.4 Å². The fourth-order valence-electron chi connectivity index (χ4n) is 1.50. The van der Waals surface area contributed by atoms with E-state index in [0.717, 1.165) is 19.0 Å². The molecule has 2 heterocycles. The number of para-hydroxylation sites is 1. The van der Waals surface area contributed by atoms with E-state index in [0.29, 0.717) is 11.0 Å². The van der Waals surface area contributed by atoms with Gasteiger partial charge in [0.05, 0.1) is 21.8 Å². The van der Waals surface area contributed by atoms with Gasteiger partial charge in [-0.15, -0.1) is 11.3 Å². The van der Waals surface area contributed by atoms with Crippen LogP contribution in [0.4, 0.5) is 0 Å². The van der Waals surface area contributed by atoms with E-state index in [1.807, 2.05) is 18.2 Å². The highest BCUT2D eigenvalue weighted by molar-refractivity contribution is 9.10. The van der Waals surface area contributed by atoms with Crippen molar-refractivity contribution < 1.29 is 4.74 Å². The highest BCUT2D eigenvalue weighted by Gasteiger charge is 2.10. The van der Waals surface area contributed by atoms with Gasteiger partial charge in [0.1, 0.15) is 0 Å². The third-order valence-electron chi connectivity index (χ3n) is 2.34. The Morgan fingerprint density at radius 1 is 1.26 bits per heavy atom. The lowest BCUT2D eigenvalue weighted by atomic mass is 10.3. The number of thiazole rings is 1. The molecule has 0 spiro atoms. The Morgan fingerprint density at radius 3 is 2.89 bits per heavy atom. The molecule has 0 radical (unpaired) electrons. The second-order valence-corrected chi connectivity index (χ2v) is 6.66. The zero-order chi connectivity index (χ0) is 13.2. The molecule has 3 rings (SSSR count). The van der Waals surface area contributed by atoms with Crippen LogP contribution in [0.1, 0.15) is 0 Å². The Labute approximate surface area is 126 Å². The van der Waals surface area contributed by atoms with E-state index in [4.69, 9.17) is 4.74 Å². The van der Waals surface area contributed by atoms with Crippen LogP contribution in [0.3, 0.4) is 0 Å². The molecule has 2 aromatic heterocycles. The molecule has 1 aromatic carbocycles. The van der Waals surface area contributed by atoms with Crippen molar-refractivity contribution in [2.24, 2.45) is 0 Å². The van der Waals surface area contributed by atoms with E-state index in [1.54, 1.807) is 24.6 Å². The summed E-state index contributed by atoms with van der Waals surface area (Å²) in [5.41, 5.74) is 0.999. The van der Waals surface area contributed by atoms with E-state index in [9.17, 15) is 0 Å². The lowest BCUT2D eigenvalue weighted by Crippen LogP contribution is -1.92. The molecule has 0 N–H and O–H groups in total. The van der Waals surface area contributed by atoms with Gasteiger partial charge in [0.15, 0.2) is 9.50 Å². The van der Waals surface area contributed by atoms with Crippen LogP contribution in [0.5, 0.6) is 5.88 Å². The molecule has 7 heteroatoms. The highest BCUT2D eigenvalue weighted by atomic mass is 79.9. The molecular weight excluding hydrogens is 346 g/mol. The minimum Gasteiger partial charge on any atom is -0.480 e. The van der Waals surface area contributed by atoms with Gasteiger partial charge in [0.25, 0.3) is 0 Å². The molecule has 19 heavy (non-hydrogen) atoms. The fourth-order valence-corrected chi connectivity index (χ4v) is 3.75. The molecule has 0 saturated carbocycles. The largest absolute Gasteiger partial charge is 0.480 e. The van der Waals surface area contributed by atoms with Gasteiger partial charge in [-0.2, -0.15) is 4.98 Å². The zero-order valence-electron chi connectivity index (χ0n) is 9.83. The molecule has 4 nitrogen and oxygen atoms in total. The topological polar surface area (TPSA) is 47.9 Å². The Hall–Kier alpha value is -1.18. The van der Waals surface area contributed by atoms with E-state index < -0.39 is 0 Å². The Bertz CT molecular complexity index is 699. The number of benzene rings is 1. The minimum absolute atomic E-state index is 0.526. The van der Waals surface area contributed by atoms with Crippen molar-refractivity contribution in [3.8, 4) is 5.88 Å². The molecule has 0 atom stereocenters. The normalized spacial score (nSPS) is 10.8. The summed E-state index contributed by atoms with van der Waals surface area (Å²) in [4.78, 5) is 13.1. The first-order valence-electron chi connectivity index (χ1n) is 5.36. The molecular formula is C12H8BrN3OS2. The van der Waals surface area contributed by atoms with Crippen molar-refractivity contribution in [3.05, 3.63) is 34.9 Å². The van der Waals surface area contributed by atoms with Crippen molar-refractivity contribution in [1.82, 2.24) is 15.0 Å². The van der Waals surface area contributed by atoms with Crippen molar-refractivity contribution in [3.63, 3.8) is 0 Å². The standard InChI is InChI=1S/C12H8BrN3OS2/c1-17-10-7(13)6-14-11(16-10)19-12-15-8-4-2-3-5-9(8)18-12/h2-6H,1H3. The van der Waals surface area contributed by atoms with E-state index >= 15 is 0 Å². The van der Waals surface area contributed by atoms with Crippen molar-refractivity contribution in [2.75, 3.05) is 7.11 Å². The van der Waals surface area contributed by atoms with Crippen molar-refractivity contribution in [2.45, 2.75) is 9.50 Å². The predicted molar refractivity (Wildman–Crippen MR) is 80.0 cm³/mol. The van der Waals surface area contributed by atoms with Gasteiger partial charge < -0.3 is 4.74 Å². The summed E-state index contributed by atoms with van der Waals surface area (Å²) in [5, 5.41) is 0.624. The lowest BCUT2D eigenvalue weighted by molar-refractivity contribution is 0.389. The predicted octanol–water partition coefficient (Wildman–Crippen LogP) is 4.01. The average molecular weight is 354 g/mol. The first kappa shape index (κ1) is 12.8. The van der Waals surface area contributed by atoms with Crippen LogP contribution in [-0.4, -0.2) is 22.1 Å². The van der Waals surface area contributed by atoms with Gasteiger partial charge in [-0.1, -0.05) is 12.1 Å². The Morgan fingerprint density at radius 2 is 2.11 bits per heavy atom. The first-order valence-corrected chi connectivity index (χ1v) is 7.79. The number of rotatable bonds is 3. The third kappa shape index (κ3) is 2.72. The van der Waals surface area contributed by atoms with Gasteiger partial charge >= 0.3 is 0 Å². The third-order valence-corrected chi connectivity index (χ3v) is 4.86. The number of halogens is 1. The Balaban J connectivity index is 1.92. The zero-order valence-corrected chi connectivity index (χ0v) is 13.1. The van der Waals surface area contributed by atoms with E-state index in [1.165, 1.54) is 11.8 Å². The average Bonchev–Trinajstić information content (AvgIpc) is 2.83. The van der Waals surface area contributed by atoms with E-state index in [-0.39, 0.29) is 0 Å². The van der Waals surface area contributed by atoms with Gasteiger partial charge in [-0.3, -0.25) is 0 Å². The van der Waals surface area contributed by atoms with Crippen LogP contribution in [0.25, 0.3) is 10.2 Å². The maximum atomic E-state index is 5.15. The molecule has 96 valence electrons. The van der Waals surface area contributed by atoms with Gasteiger partial charge in [-0.05, 0) is 39.8 Å². The Kier molecular flexibility index (Phi) is 3.67. The number of hydrogen-bond acceptors (Lipinski definition) is 6. The molecule has 0 aliphatic carbocycles. The van der Waals surface area contributed by atoms with Crippen molar-refractivity contribution >= 4 is 49.2 Å². The van der Waals surface area contributed by atoms with Crippen LogP contribution < -0.4 is 4.74 Å². The summed E-state index contributed by atoms with van der Waals surface area (Å²) < 4.78 is 7.98. The second kappa shape index (κ2) is 5.44. The summed E-state index contributed by atoms with van der Waals surface area (Å²) >= 11 is 6.40. The van der Waals surface area contributed by atoms with Gasteiger partial charge in [0.2, 0.25) is 5.88 Å². The number of fused-ring (bicyclic) bond motifs is 1. The molecule has 0 fully saturated rings. The summed E-state index contributed by atoms with van der Waals surface area (Å²) in [6, 6.07) is 8.04. The number of nitrogens with zero attached hydrogens (tertiary/aromatic N) is 3. The first-order chi connectivity index (χ1) is 9.26. The molecule has 0 bridgehead atoms. The number of hydrogen-bond donors (Lipinski definition) is 0. The number of ether oxygens (including phenoxy) is 1. The minimum atomic E-state index is 0.526. The molecule has 0 unspecified atom stereocenters. The van der Waals surface area contributed by atoms with Crippen LogP contribution in [-0.2, 0) is 0 Å². The smallest absolute Gasteiger partial charge is 0.231 e. The molecule has 0 saturated heterocycles. The highest BCUT2D eigenvalue weighted by Crippen LogP contribution is 2.34. The molecule has 0 amide bonds. The maximum Gasteiger partial charge on any atom is 0.231 e.